The monoisotopic (exact) mass is 674 g/mol. The highest BCUT2D eigenvalue weighted by Gasteiger charge is 2.28. The number of aliphatic hydroxyl groups is 1. The minimum absolute atomic E-state index is 0.0350. The summed E-state index contributed by atoms with van der Waals surface area (Å²) in [6.45, 7) is 9.87. The minimum Gasteiger partial charge on any atom is -0.437 e. The van der Waals surface area contributed by atoms with Gasteiger partial charge in [-0.1, -0.05) is 42.5 Å². The molecule has 6 rings (SSSR count). The predicted octanol–water partition coefficient (Wildman–Crippen LogP) is 4.40. The molecule has 2 aliphatic heterocycles. The van der Waals surface area contributed by atoms with Crippen LogP contribution < -0.4 is 15.8 Å². The molecule has 2 aromatic carbocycles. The van der Waals surface area contributed by atoms with E-state index in [1.165, 1.54) is 6.07 Å². The number of rotatable bonds is 11. The molecule has 3 aliphatic rings. The molecule has 0 unspecified atom stereocenters. The molecule has 0 radical (unpaired) electrons. The van der Waals surface area contributed by atoms with Crippen molar-refractivity contribution in [3.8, 4) is 22.8 Å². The Kier molecular flexibility index (Phi) is 12.3. The third-order valence-corrected chi connectivity index (χ3v) is 10.2. The number of nitrogens with two attached hydrogens (primary N) is 1. The molecule has 3 heterocycles. The van der Waals surface area contributed by atoms with E-state index in [0.717, 1.165) is 93.3 Å². The van der Waals surface area contributed by atoms with Crippen molar-refractivity contribution in [3.05, 3.63) is 77.2 Å². The van der Waals surface area contributed by atoms with Crippen molar-refractivity contribution < 1.29 is 23.8 Å². The zero-order valence-corrected chi connectivity index (χ0v) is 28.7. The number of benzene rings is 2. The highest BCUT2D eigenvalue weighted by molar-refractivity contribution is 5.96. The summed E-state index contributed by atoms with van der Waals surface area (Å²) in [4.78, 5) is 25.2. The first kappa shape index (κ1) is 35.4. The van der Waals surface area contributed by atoms with Crippen LogP contribution in [0.5, 0.6) is 11.6 Å². The van der Waals surface area contributed by atoms with Gasteiger partial charge in [-0.15, -0.1) is 0 Å². The maximum atomic E-state index is 14.7. The van der Waals surface area contributed by atoms with Crippen LogP contribution in [0, 0.1) is 5.82 Å². The maximum absolute atomic E-state index is 14.7. The predicted molar refractivity (Wildman–Crippen MR) is 188 cm³/mol. The van der Waals surface area contributed by atoms with E-state index in [-0.39, 0.29) is 36.2 Å². The largest absolute Gasteiger partial charge is 0.437 e. The van der Waals surface area contributed by atoms with Gasteiger partial charge in [0.05, 0.1) is 26.0 Å². The SMILES string of the molecule is C[C@H]1COCCN1Cc1c(-c2ccccc2)ccc(CN2CCCN(CCO)CC2)c1Oc1ncc(F)cc1C(=O)NC1CCC(N)CC1. The van der Waals surface area contributed by atoms with Crippen molar-refractivity contribution in [1.82, 2.24) is 25.0 Å². The van der Waals surface area contributed by atoms with Crippen molar-refractivity contribution >= 4 is 5.91 Å². The zero-order chi connectivity index (χ0) is 34.2. The third-order valence-electron chi connectivity index (χ3n) is 10.2. The smallest absolute Gasteiger partial charge is 0.257 e. The topological polar surface area (TPSA) is 116 Å². The number of aromatic nitrogens is 1. The molecule has 11 heteroatoms. The number of hydrogen-bond donors (Lipinski definition) is 3. The molecule has 264 valence electrons. The van der Waals surface area contributed by atoms with Gasteiger partial charge in [-0.2, -0.15) is 0 Å². The molecule has 1 atom stereocenters. The summed E-state index contributed by atoms with van der Waals surface area (Å²) in [5, 5.41) is 12.6. The number of amides is 1. The second-order valence-corrected chi connectivity index (χ2v) is 13.7. The summed E-state index contributed by atoms with van der Waals surface area (Å²) in [5.74, 6) is -0.267. The molecule has 1 saturated carbocycles. The van der Waals surface area contributed by atoms with Gasteiger partial charge in [0, 0.05) is 68.5 Å². The first-order valence-electron chi connectivity index (χ1n) is 17.8. The number of nitrogens with one attached hydrogen (secondary N) is 1. The summed E-state index contributed by atoms with van der Waals surface area (Å²) in [6.07, 6.45) is 5.34. The van der Waals surface area contributed by atoms with Gasteiger partial charge in [0.15, 0.2) is 0 Å². The van der Waals surface area contributed by atoms with Crippen molar-refractivity contribution in [2.24, 2.45) is 5.73 Å². The van der Waals surface area contributed by atoms with Crippen LogP contribution >= 0.6 is 0 Å². The van der Waals surface area contributed by atoms with E-state index < -0.39 is 11.7 Å². The fourth-order valence-electron chi connectivity index (χ4n) is 7.26. The Balaban J connectivity index is 1.40. The van der Waals surface area contributed by atoms with E-state index >= 15 is 0 Å². The molecule has 1 amide bonds. The molecule has 1 aromatic heterocycles. The fraction of sp³-hybridized carbons (Fsp3) is 0.526. The van der Waals surface area contributed by atoms with Crippen LogP contribution in [-0.4, -0.2) is 108 Å². The van der Waals surface area contributed by atoms with E-state index in [2.05, 4.69) is 56.2 Å². The average molecular weight is 675 g/mol. The molecule has 0 spiro atoms. The lowest BCUT2D eigenvalue weighted by Crippen LogP contribution is -2.43. The second-order valence-electron chi connectivity index (χ2n) is 13.7. The van der Waals surface area contributed by atoms with Crippen molar-refractivity contribution in [2.75, 3.05) is 59.1 Å². The summed E-state index contributed by atoms with van der Waals surface area (Å²) in [5.41, 5.74) is 10.2. The Morgan fingerprint density at radius 1 is 1.04 bits per heavy atom. The van der Waals surface area contributed by atoms with Crippen molar-refractivity contribution in [2.45, 2.75) is 70.2 Å². The Hall–Kier alpha value is -3.45. The number of aliphatic hydroxyl groups excluding tert-OH is 1. The summed E-state index contributed by atoms with van der Waals surface area (Å²) in [6, 6.07) is 16.1. The van der Waals surface area contributed by atoms with Crippen LogP contribution in [0.4, 0.5) is 4.39 Å². The number of ether oxygens (including phenoxy) is 2. The Morgan fingerprint density at radius 2 is 1.82 bits per heavy atom. The number of carbonyl (C=O) groups excluding carboxylic acids is 1. The number of morpholine rings is 1. The van der Waals surface area contributed by atoms with Gasteiger partial charge >= 0.3 is 0 Å². The number of nitrogens with zero attached hydrogens (tertiary/aromatic N) is 4. The third kappa shape index (κ3) is 9.22. The molecule has 2 saturated heterocycles. The van der Waals surface area contributed by atoms with Crippen LogP contribution in [0.25, 0.3) is 11.1 Å². The first-order valence-corrected chi connectivity index (χ1v) is 17.8. The normalized spacial score (nSPS) is 22.8. The van der Waals surface area contributed by atoms with Gasteiger partial charge in [0.2, 0.25) is 5.88 Å². The highest BCUT2D eigenvalue weighted by Crippen LogP contribution is 2.39. The summed E-state index contributed by atoms with van der Waals surface area (Å²) >= 11 is 0. The standard InChI is InChI=1S/C38H51FN6O4/c1-27-26-48-21-19-45(27)25-35-33(28-6-3-2-4-7-28)13-8-29(24-44-15-5-14-43(16-17-44)18-20-46)36(35)49-38-34(22-30(39)23-41-38)37(47)42-32-11-9-31(40)10-12-32/h2-4,6-8,13,22-23,27,31-32,46H,5,9-12,14-21,24-26,40H2,1H3,(H,42,47)/t27-,31?,32?/m0/s1. The number of halogens is 1. The maximum Gasteiger partial charge on any atom is 0.257 e. The van der Waals surface area contributed by atoms with Gasteiger partial charge in [-0.3, -0.25) is 19.5 Å². The molecular formula is C38H51FN6O4. The van der Waals surface area contributed by atoms with Gasteiger partial charge in [0.25, 0.3) is 5.91 Å². The molecular weight excluding hydrogens is 623 g/mol. The van der Waals surface area contributed by atoms with E-state index in [1.54, 1.807) is 0 Å². The van der Waals surface area contributed by atoms with Gasteiger partial charge in [0.1, 0.15) is 17.1 Å². The molecule has 0 bridgehead atoms. The minimum atomic E-state index is -0.596. The molecule has 4 N–H and O–H groups in total. The van der Waals surface area contributed by atoms with E-state index in [9.17, 15) is 14.3 Å². The average Bonchev–Trinajstić information content (AvgIpc) is 3.34. The van der Waals surface area contributed by atoms with Crippen LogP contribution in [0.1, 0.15) is 60.5 Å². The van der Waals surface area contributed by atoms with Crippen molar-refractivity contribution in [3.63, 3.8) is 0 Å². The fourth-order valence-corrected chi connectivity index (χ4v) is 7.26. The molecule has 49 heavy (non-hydrogen) atoms. The van der Waals surface area contributed by atoms with Crippen LogP contribution in [0.2, 0.25) is 0 Å². The summed E-state index contributed by atoms with van der Waals surface area (Å²) in [7, 11) is 0. The number of β-amino-alcohol motifs (C(OH)–C–C–N with tert-alkyl or cyclic N) is 1. The lowest BCUT2D eigenvalue weighted by Gasteiger charge is -2.34. The second kappa shape index (κ2) is 17.0. The molecule has 10 nitrogen and oxygen atoms in total. The van der Waals surface area contributed by atoms with Crippen LogP contribution in [0.15, 0.2) is 54.7 Å². The Bertz CT molecular complexity index is 1540. The molecule has 3 aromatic rings. The van der Waals surface area contributed by atoms with E-state index in [4.69, 9.17) is 15.2 Å². The van der Waals surface area contributed by atoms with E-state index in [0.29, 0.717) is 38.6 Å². The zero-order valence-electron chi connectivity index (χ0n) is 28.7. The highest BCUT2D eigenvalue weighted by atomic mass is 19.1. The van der Waals surface area contributed by atoms with Crippen LogP contribution in [-0.2, 0) is 17.8 Å². The number of hydrogen-bond acceptors (Lipinski definition) is 9. The van der Waals surface area contributed by atoms with Gasteiger partial charge in [-0.25, -0.2) is 9.37 Å². The molecule has 3 fully saturated rings. The lowest BCUT2D eigenvalue weighted by molar-refractivity contribution is -0.00455. The summed E-state index contributed by atoms with van der Waals surface area (Å²) < 4.78 is 27.4. The van der Waals surface area contributed by atoms with Gasteiger partial charge in [-0.05, 0) is 69.3 Å². The van der Waals surface area contributed by atoms with Crippen molar-refractivity contribution in [1.29, 1.82) is 0 Å². The first-order chi connectivity index (χ1) is 23.9. The quantitative estimate of drug-likeness (QED) is 0.272. The molecule has 1 aliphatic carbocycles. The Morgan fingerprint density at radius 3 is 2.59 bits per heavy atom. The van der Waals surface area contributed by atoms with Gasteiger partial charge < -0.3 is 25.6 Å². The number of carbonyl (C=O) groups is 1. The van der Waals surface area contributed by atoms with Crippen LogP contribution in [0.3, 0.4) is 0 Å². The lowest BCUT2D eigenvalue weighted by atomic mass is 9.91. The Labute approximate surface area is 289 Å². The number of pyridine rings is 1. The van der Waals surface area contributed by atoms with E-state index in [1.807, 2.05) is 18.2 Å².